The van der Waals surface area contributed by atoms with Crippen molar-refractivity contribution in [2.24, 2.45) is 5.92 Å². The minimum absolute atomic E-state index is 0.00640. The fourth-order valence-electron chi connectivity index (χ4n) is 2.44. The Kier molecular flexibility index (Phi) is 6.80. The Hall–Kier alpha value is -0.610. The van der Waals surface area contributed by atoms with E-state index < -0.39 is 0 Å². The molecule has 0 aromatic carbocycles. The van der Waals surface area contributed by atoms with E-state index >= 15 is 0 Å². The van der Waals surface area contributed by atoms with Crippen molar-refractivity contribution in [3.63, 3.8) is 0 Å². The number of hydrogen-bond acceptors (Lipinski definition) is 3. The summed E-state index contributed by atoms with van der Waals surface area (Å²) < 4.78 is 5.52. The Bertz CT molecular complexity index is 281. The molecular formula is C15H30N2O2. The fourth-order valence-corrected chi connectivity index (χ4v) is 2.44. The van der Waals surface area contributed by atoms with Crippen LogP contribution >= 0.6 is 0 Å². The summed E-state index contributed by atoms with van der Waals surface area (Å²) >= 11 is 0. The second kappa shape index (κ2) is 7.85. The van der Waals surface area contributed by atoms with Gasteiger partial charge in [-0.1, -0.05) is 20.3 Å². The first-order valence-electron chi connectivity index (χ1n) is 7.65. The summed E-state index contributed by atoms with van der Waals surface area (Å²) in [6.45, 7) is 12.1. The van der Waals surface area contributed by atoms with Gasteiger partial charge in [-0.2, -0.15) is 0 Å². The Morgan fingerprint density at radius 2 is 2.00 bits per heavy atom. The van der Waals surface area contributed by atoms with E-state index in [4.69, 9.17) is 4.74 Å². The molecule has 1 saturated heterocycles. The van der Waals surface area contributed by atoms with E-state index in [0.29, 0.717) is 12.0 Å². The largest absolute Gasteiger partial charge is 0.379 e. The number of nitrogens with one attached hydrogen (secondary N) is 1. The number of nitrogens with zero attached hydrogens (tertiary/aromatic N) is 1. The number of rotatable bonds is 8. The molecule has 1 heterocycles. The van der Waals surface area contributed by atoms with Gasteiger partial charge in [-0.25, -0.2) is 0 Å². The molecule has 19 heavy (non-hydrogen) atoms. The maximum Gasteiger partial charge on any atom is 0.241 e. The van der Waals surface area contributed by atoms with Crippen LogP contribution in [0.2, 0.25) is 0 Å². The van der Waals surface area contributed by atoms with Crippen LogP contribution in [0.4, 0.5) is 0 Å². The van der Waals surface area contributed by atoms with E-state index in [1.54, 1.807) is 0 Å². The van der Waals surface area contributed by atoms with Gasteiger partial charge in [0.15, 0.2) is 0 Å². The SMILES string of the molecule is CCC(C)C1NC(C)N(CCCCOC(C)C)C1=O. The van der Waals surface area contributed by atoms with Gasteiger partial charge in [-0.05, 0) is 39.5 Å². The lowest BCUT2D eigenvalue weighted by Gasteiger charge is -2.21. The van der Waals surface area contributed by atoms with Crippen molar-refractivity contribution in [1.82, 2.24) is 10.2 Å². The molecule has 0 aromatic rings. The third kappa shape index (κ3) is 4.77. The number of carbonyl (C=O) groups excluding carboxylic acids is 1. The minimum Gasteiger partial charge on any atom is -0.379 e. The highest BCUT2D eigenvalue weighted by molar-refractivity contribution is 5.84. The molecule has 4 heteroatoms. The molecule has 0 radical (unpaired) electrons. The van der Waals surface area contributed by atoms with Crippen LogP contribution in [0.5, 0.6) is 0 Å². The molecule has 1 aliphatic heterocycles. The lowest BCUT2D eigenvalue weighted by Crippen LogP contribution is -2.36. The first-order valence-corrected chi connectivity index (χ1v) is 7.65. The lowest BCUT2D eigenvalue weighted by atomic mass is 9.99. The summed E-state index contributed by atoms with van der Waals surface area (Å²) in [4.78, 5) is 14.3. The van der Waals surface area contributed by atoms with Crippen molar-refractivity contribution in [3.8, 4) is 0 Å². The van der Waals surface area contributed by atoms with Crippen LogP contribution in [0.1, 0.15) is 53.9 Å². The molecule has 3 unspecified atom stereocenters. The van der Waals surface area contributed by atoms with Crippen molar-refractivity contribution >= 4 is 5.91 Å². The first kappa shape index (κ1) is 16.4. The molecule has 1 amide bonds. The quantitative estimate of drug-likeness (QED) is 0.689. The molecular weight excluding hydrogens is 240 g/mol. The summed E-state index contributed by atoms with van der Waals surface area (Å²) in [5.74, 6) is 0.677. The zero-order valence-corrected chi connectivity index (χ0v) is 13.1. The number of unbranched alkanes of at least 4 members (excludes halogenated alkanes) is 1. The van der Waals surface area contributed by atoms with Crippen molar-refractivity contribution in [1.29, 1.82) is 0 Å². The van der Waals surface area contributed by atoms with E-state index in [1.165, 1.54) is 0 Å². The Morgan fingerprint density at radius 1 is 1.32 bits per heavy atom. The van der Waals surface area contributed by atoms with Crippen molar-refractivity contribution < 1.29 is 9.53 Å². The van der Waals surface area contributed by atoms with Crippen molar-refractivity contribution in [3.05, 3.63) is 0 Å². The monoisotopic (exact) mass is 270 g/mol. The van der Waals surface area contributed by atoms with Crippen LogP contribution in [0.25, 0.3) is 0 Å². The Morgan fingerprint density at radius 3 is 2.58 bits per heavy atom. The molecule has 1 rings (SSSR count). The third-order valence-electron chi connectivity index (χ3n) is 3.89. The van der Waals surface area contributed by atoms with Crippen LogP contribution in [0.3, 0.4) is 0 Å². The van der Waals surface area contributed by atoms with Crippen molar-refractivity contribution in [2.75, 3.05) is 13.2 Å². The maximum absolute atomic E-state index is 12.3. The fraction of sp³-hybridized carbons (Fsp3) is 0.933. The molecule has 4 nitrogen and oxygen atoms in total. The summed E-state index contributed by atoms with van der Waals surface area (Å²) in [5, 5.41) is 3.41. The van der Waals surface area contributed by atoms with Crippen LogP contribution in [-0.4, -0.2) is 42.3 Å². The summed E-state index contributed by atoms with van der Waals surface area (Å²) in [6, 6.07) is 0.00640. The topological polar surface area (TPSA) is 41.6 Å². The summed E-state index contributed by atoms with van der Waals surface area (Å²) in [7, 11) is 0. The van der Waals surface area contributed by atoms with Gasteiger partial charge in [0.1, 0.15) is 0 Å². The molecule has 1 fully saturated rings. The molecule has 1 aliphatic rings. The number of amides is 1. The van der Waals surface area contributed by atoms with Crippen LogP contribution in [0, 0.1) is 5.92 Å². The second-order valence-electron chi connectivity index (χ2n) is 5.86. The van der Waals surface area contributed by atoms with Gasteiger partial charge in [-0.15, -0.1) is 0 Å². The zero-order valence-electron chi connectivity index (χ0n) is 13.1. The van der Waals surface area contributed by atoms with Gasteiger partial charge in [0.2, 0.25) is 5.91 Å². The highest BCUT2D eigenvalue weighted by Gasteiger charge is 2.38. The van der Waals surface area contributed by atoms with Gasteiger partial charge in [-0.3, -0.25) is 10.1 Å². The van der Waals surface area contributed by atoms with Gasteiger partial charge < -0.3 is 9.64 Å². The van der Waals surface area contributed by atoms with Crippen LogP contribution in [-0.2, 0) is 9.53 Å². The lowest BCUT2D eigenvalue weighted by molar-refractivity contribution is -0.130. The molecule has 3 atom stereocenters. The molecule has 112 valence electrons. The van der Waals surface area contributed by atoms with E-state index in [1.807, 2.05) is 18.7 Å². The highest BCUT2D eigenvalue weighted by atomic mass is 16.5. The number of ether oxygens (including phenoxy) is 1. The minimum atomic E-state index is 0.00640. The summed E-state index contributed by atoms with van der Waals surface area (Å²) in [6.07, 6.45) is 3.52. The normalized spacial score (nSPS) is 25.4. The molecule has 1 N–H and O–H groups in total. The van der Waals surface area contributed by atoms with Crippen LogP contribution in [0.15, 0.2) is 0 Å². The van der Waals surface area contributed by atoms with Gasteiger partial charge in [0.25, 0.3) is 0 Å². The molecule has 0 aromatic heterocycles. The van der Waals surface area contributed by atoms with E-state index in [-0.39, 0.29) is 18.1 Å². The predicted octanol–water partition coefficient (Wildman–Crippen LogP) is 2.38. The van der Waals surface area contributed by atoms with Gasteiger partial charge in [0, 0.05) is 13.2 Å². The maximum atomic E-state index is 12.3. The molecule has 0 aliphatic carbocycles. The van der Waals surface area contributed by atoms with Gasteiger partial charge in [0.05, 0.1) is 18.3 Å². The highest BCUT2D eigenvalue weighted by Crippen LogP contribution is 2.19. The molecule has 0 spiro atoms. The smallest absolute Gasteiger partial charge is 0.241 e. The number of hydrogen-bond donors (Lipinski definition) is 1. The van der Waals surface area contributed by atoms with E-state index in [9.17, 15) is 4.79 Å². The van der Waals surface area contributed by atoms with Crippen molar-refractivity contribution in [2.45, 2.75) is 72.2 Å². The van der Waals surface area contributed by atoms with Crippen LogP contribution < -0.4 is 5.32 Å². The van der Waals surface area contributed by atoms with E-state index in [0.717, 1.165) is 32.4 Å². The van der Waals surface area contributed by atoms with E-state index in [2.05, 4.69) is 26.1 Å². The standard InChI is InChI=1S/C15H30N2O2/c1-6-12(4)14-15(18)17(13(5)16-14)9-7-8-10-19-11(2)3/h11-14,16H,6-10H2,1-5H3. The zero-order chi connectivity index (χ0) is 14.4. The molecule has 0 saturated carbocycles. The first-order chi connectivity index (χ1) is 8.97. The summed E-state index contributed by atoms with van der Waals surface area (Å²) in [5.41, 5.74) is 0. The Balaban J connectivity index is 2.32. The second-order valence-corrected chi connectivity index (χ2v) is 5.86. The predicted molar refractivity (Wildman–Crippen MR) is 77.9 cm³/mol. The Labute approximate surface area is 117 Å². The third-order valence-corrected chi connectivity index (χ3v) is 3.89. The average Bonchev–Trinajstić information content (AvgIpc) is 2.64. The average molecular weight is 270 g/mol. The molecule has 0 bridgehead atoms. The number of carbonyl (C=O) groups is 1. The van der Waals surface area contributed by atoms with Gasteiger partial charge >= 0.3 is 0 Å².